The second-order valence-electron chi connectivity index (χ2n) is 32.0. The van der Waals surface area contributed by atoms with Crippen LogP contribution >= 0.6 is 0 Å². The summed E-state index contributed by atoms with van der Waals surface area (Å²) in [6.07, 6.45) is 99.4. The van der Waals surface area contributed by atoms with Crippen molar-refractivity contribution in [2.24, 2.45) is 0 Å². The van der Waals surface area contributed by atoms with E-state index in [1.54, 1.807) is 4.70 Å². The van der Waals surface area contributed by atoms with Gasteiger partial charge in [-0.3, -0.25) is 0 Å². The minimum Gasteiger partial charge on any atom is -0.493 e. The largest absolute Gasteiger partial charge is 2.00 e. The van der Waals surface area contributed by atoms with E-state index < -0.39 is 0 Å². The smallest absolute Gasteiger partial charge is 0.493 e. The zero-order valence-corrected chi connectivity index (χ0v) is 71.6. The summed E-state index contributed by atoms with van der Waals surface area (Å²) in [6, 6.07) is 14.3. The molecule has 1 heterocycles. The van der Waals surface area contributed by atoms with Crippen molar-refractivity contribution in [3.63, 3.8) is 0 Å². The average molecular weight is 1490 g/mol. The number of allylic oxidation sites excluding steroid dienone is 2. The van der Waals surface area contributed by atoms with Crippen molar-refractivity contribution in [3.05, 3.63) is 100 Å². The van der Waals surface area contributed by atoms with Gasteiger partial charge in [0.25, 0.3) is 0 Å². The molecule has 3 heteroatoms. The fraction of sp³-hybridized carbons (Fsp3) is 0.816. The van der Waals surface area contributed by atoms with E-state index in [2.05, 4.69) is 106 Å². The first-order valence-electron chi connectivity index (χ1n) is 46.1. The predicted octanol–water partition coefficient (Wildman–Crippen LogP) is 35.4. The van der Waals surface area contributed by atoms with Crippen LogP contribution in [0.4, 0.5) is 0 Å². The molecule has 3 rings (SSSR count). The molecule has 0 N–H and O–H groups in total. The first-order chi connectivity index (χ1) is 49.3. The number of aryl methyl sites for hydroxylation is 4. The van der Waals surface area contributed by atoms with Gasteiger partial charge < -0.3 is 19.4 Å². The summed E-state index contributed by atoms with van der Waals surface area (Å²) >= 11 is 0. The second-order valence-corrected chi connectivity index (χ2v) is 32.0. The second kappa shape index (κ2) is 77.8. The fourth-order valence-electron chi connectivity index (χ4n) is 15.5. The van der Waals surface area contributed by atoms with Gasteiger partial charge in [0.15, 0.2) is 0 Å². The Kier molecular flexibility index (Phi) is 76.4. The van der Waals surface area contributed by atoms with Gasteiger partial charge in [0.05, 0.1) is 0 Å². The summed E-state index contributed by atoms with van der Waals surface area (Å²) in [5.74, 6) is 0. The molecule has 2 aromatic rings. The Morgan fingerprint density at radius 3 is 0.624 bits per heavy atom. The van der Waals surface area contributed by atoms with Crippen LogP contribution in [0.2, 0.25) is 0 Å². The van der Waals surface area contributed by atoms with Gasteiger partial charge in [-0.1, -0.05) is 453 Å². The molecule has 0 fully saturated rings. The summed E-state index contributed by atoms with van der Waals surface area (Å²) in [7, 11) is 0. The molecule has 1 aliphatic heterocycles. The van der Waals surface area contributed by atoms with Crippen molar-refractivity contribution >= 4 is 11.4 Å². The maximum Gasteiger partial charge on any atom is 2.00 e. The number of benzene rings is 2. The summed E-state index contributed by atoms with van der Waals surface area (Å²) in [5, 5.41) is 0. The molecule has 2 nitrogen and oxygen atoms in total. The molecule has 0 atom stereocenters. The van der Waals surface area contributed by atoms with Gasteiger partial charge >= 0.3 is 20.4 Å². The number of rotatable bonds is 72. The molecule has 0 unspecified atom stereocenters. The molecule has 0 saturated heterocycles. The molecule has 0 spiro atoms. The van der Waals surface area contributed by atoms with E-state index in [4.69, 9.17) is 0 Å². The number of hydrogen-bond acceptors (Lipinski definition) is 0. The maximum absolute atomic E-state index is 12.3. The van der Waals surface area contributed by atoms with E-state index >= 15 is 0 Å². The topological polar surface area (TPSA) is 25.3 Å². The van der Waals surface area contributed by atoms with Crippen LogP contribution in [0.25, 0.3) is 16.9 Å². The average Bonchev–Trinajstić information content (AvgIpc) is 1.61. The van der Waals surface area contributed by atoms with E-state index in [1.165, 1.54) is 443 Å². The Balaban J connectivity index is 0.00000155. The van der Waals surface area contributed by atoms with Crippen molar-refractivity contribution in [1.82, 2.24) is 0 Å². The Morgan fingerprint density at radius 2 is 0.396 bits per heavy atom. The van der Waals surface area contributed by atoms with Crippen LogP contribution < -0.4 is 0 Å². The molecule has 1 aliphatic rings. The Morgan fingerprint density at radius 1 is 0.218 bits per heavy atom. The summed E-state index contributed by atoms with van der Waals surface area (Å²) in [5.41, 5.74) is 25.2. The van der Waals surface area contributed by atoms with Crippen LogP contribution in [0.1, 0.15) is 525 Å². The molecular weight excluding hydrogens is 1310 g/mol. The monoisotopic (exact) mass is 1490 g/mol. The SMILES string of the molecule is CCCCCCCCC1=C(c2cc(CCCCC)cc(CCCCC)c2)[N+](=[N-])C(c2cc(CC)cc(CC)c2)=C1CCCC.[CH2-]CCCCCCCCCCCCCCCCCCCCCCCCCCC.[CH2-]CCCCCCCCCCCCCCCCCCCCCCCCCCC.[Pd+2]. The molecule has 0 bridgehead atoms. The van der Waals surface area contributed by atoms with Crippen molar-refractivity contribution in [2.75, 3.05) is 0 Å². The van der Waals surface area contributed by atoms with Crippen molar-refractivity contribution in [1.29, 1.82) is 0 Å². The first kappa shape index (κ1) is 99.2. The standard InChI is InChI=1S/C42H64N2.2C28H57.Pd/c1-7-13-17-18-19-22-26-40-39(25-16-10-4)41(37-29-33(11-5)27-34(12-6)30-37)44(43)42(40)38-31-35(23-20-14-8-2)28-36(32-38)24-21-15-9-3;2*1-3-5-7-9-11-13-15-17-19-21-23-25-27-28-26-24-22-20-18-16-14-12-10-8-6-4-2;/h27-32H,7-26H2,1-6H3;2*1,3-28H2,2H3;/q;2*-1;+2. The van der Waals surface area contributed by atoms with Gasteiger partial charge in [-0.15, -0.1) is 0 Å². The minimum absolute atomic E-state index is 0. The first-order valence-corrected chi connectivity index (χ1v) is 46.1. The molecular formula is C98H178N2Pd. The zero-order valence-electron chi connectivity index (χ0n) is 70.0. The number of hydrogen-bond donors (Lipinski definition) is 0. The van der Waals surface area contributed by atoms with Crippen LogP contribution in [0.15, 0.2) is 47.5 Å². The molecule has 101 heavy (non-hydrogen) atoms. The Labute approximate surface area is 650 Å². The Bertz CT molecular complexity index is 1970. The van der Waals surface area contributed by atoms with E-state index in [1.807, 2.05) is 0 Å². The molecule has 0 aliphatic carbocycles. The fourth-order valence-corrected chi connectivity index (χ4v) is 15.5. The van der Waals surface area contributed by atoms with Gasteiger partial charge in [0.2, 0.25) is 11.4 Å². The van der Waals surface area contributed by atoms with E-state index in [-0.39, 0.29) is 20.4 Å². The van der Waals surface area contributed by atoms with Crippen LogP contribution in [-0.4, -0.2) is 4.70 Å². The van der Waals surface area contributed by atoms with E-state index in [9.17, 15) is 5.53 Å². The summed E-state index contributed by atoms with van der Waals surface area (Å²) in [6.45, 7) is 26.1. The minimum atomic E-state index is 0. The third-order valence-electron chi connectivity index (χ3n) is 22.2. The van der Waals surface area contributed by atoms with E-state index in [0.29, 0.717) is 0 Å². The van der Waals surface area contributed by atoms with Crippen molar-refractivity contribution in [3.8, 4) is 0 Å². The number of nitrogens with zero attached hydrogens (tertiary/aromatic N) is 2. The molecule has 0 saturated carbocycles. The van der Waals surface area contributed by atoms with Gasteiger partial charge in [-0.05, 0) is 111 Å². The molecule has 0 aromatic heterocycles. The molecule has 0 radical (unpaired) electrons. The molecule has 0 amide bonds. The number of unbranched alkanes of at least 4 members (excludes halogenated alkanes) is 60. The third kappa shape index (κ3) is 57.0. The summed E-state index contributed by atoms with van der Waals surface area (Å²) in [4.78, 5) is 0. The van der Waals surface area contributed by atoms with Gasteiger partial charge in [-0.2, -0.15) is 12.8 Å². The van der Waals surface area contributed by atoms with Crippen LogP contribution in [0, 0.1) is 13.8 Å². The third-order valence-corrected chi connectivity index (χ3v) is 22.2. The van der Waals surface area contributed by atoms with Crippen LogP contribution in [0.5, 0.6) is 0 Å². The maximum atomic E-state index is 12.3. The van der Waals surface area contributed by atoms with E-state index in [0.717, 1.165) is 75.6 Å². The van der Waals surface area contributed by atoms with Gasteiger partial charge in [-0.25, -0.2) is 4.70 Å². The van der Waals surface area contributed by atoms with Gasteiger partial charge in [0.1, 0.15) is 0 Å². The van der Waals surface area contributed by atoms with Crippen molar-refractivity contribution < 1.29 is 25.1 Å². The zero-order chi connectivity index (χ0) is 72.5. The van der Waals surface area contributed by atoms with Crippen LogP contribution in [-0.2, 0) is 46.1 Å². The molecule has 590 valence electrons. The molecule has 2 aromatic carbocycles. The quantitative estimate of drug-likeness (QED) is 0.0273. The van der Waals surface area contributed by atoms with Crippen LogP contribution in [0.3, 0.4) is 0 Å². The van der Waals surface area contributed by atoms with Gasteiger partial charge in [0, 0.05) is 22.3 Å². The predicted molar refractivity (Wildman–Crippen MR) is 455 cm³/mol. The summed E-state index contributed by atoms with van der Waals surface area (Å²) < 4.78 is 1.63. The van der Waals surface area contributed by atoms with Crippen molar-refractivity contribution in [2.45, 2.75) is 518 Å². The normalized spacial score (nSPS) is 12.2. The Hall–Kier alpha value is -1.82.